The number of aliphatic imine (C=N–C) groups is 1. The van der Waals surface area contributed by atoms with Crippen molar-refractivity contribution in [2.45, 2.75) is 6.92 Å². The number of hydrogen-bond acceptors (Lipinski definition) is 6. The van der Waals surface area contributed by atoms with E-state index in [2.05, 4.69) is 10.3 Å². The third-order valence-corrected chi connectivity index (χ3v) is 5.53. The van der Waals surface area contributed by atoms with Gasteiger partial charge in [-0.05, 0) is 54.6 Å². The van der Waals surface area contributed by atoms with Gasteiger partial charge in [0.25, 0.3) is 11.8 Å². The maximum atomic E-state index is 12.3. The van der Waals surface area contributed by atoms with Crippen LogP contribution in [0.5, 0.6) is 11.5 Å². The first kappa shape index (κ1) is 21.4. The second-order valence-corrected chi connectivity index (χ2v) is 7.60. The van der Waals surface area contributed by atoms with Crippen molar-refractivity contribution in [2.24, 2.45) is 4.99 Å². The average Bonchev–Trinajstić information content (AvgIpc) is 3.02. The summed E-state index contributed by atoms with van der Waals surface area (Å²) in [5.41, 5.74) is 2.61. The molecule has 7 nitrogen and oxygen atoms in total. The molecule has 0 spiro atoms. The Morgan fingerprint density at radius 1 is 1.20 bits per heavy atom. The number of carbonyl (C=O) groups is 2. The molecule has 0 bridgehead atoms. The summed E-state index contributed by atoms with van der Waals surface area (Å²) in [5.74, 6) is 0.542. The molecule has 0 radical (unpaired) electrons. The number of thioether (sulfide) groups is 1. The van der Waals surface area contributed by atoms with Crippen LogP contribution in [-0.4, -0.2) is 49.7 Å². The summed E-state index contributed by atoms with van der Waals surface area (Å²) in [6.45, 7) is 1.83. The van der Waals surface area contributed by atoms with Crippen LogP contribution in [0.25, 0.3) is 6.08 Å². The maximum absolute atomic E-state index is 12.3. The first-order valence-electron chi connectivity index (χ1n) is 9.23. The molecule has 2 aromatic carbocycles. The summed E-state index contributed by atoms with van der Waals surface area (Å²) in [4.78, 5) is 30.6. The Balaban J connectivity index is 1.67. The highest BCUT2D eigenvalue weighted by atomic mass is 32.2. The van der Waals surface area contributed by atoms with Gasteiger partial charge in [0.05, 0.1) is 12.0 Å². The van der Waals surface area contributed by atoms with Gasteiger partial charge >= 0.3 is 0 Å². The van der Waals surface area contributed by atoms with Crippen molar-refractivity contribution in [1.82, 2.24) is 4.90 Å². The number of anilines is 1. The fraction of sp³-hybridized carbons (Fsp3) is 0.227. The number of rotatable bonds is 6. The number of methoxy groups -OCH3 is 1. The number of amides is 2. The number of ether oxygens (including phenoxy) is 2. The zero-order chi connectivity index (χ0) is 21.7. The van der Waals surface area contributed by atoms with Gasteiger partial charge in [-0.2, -0.15) is 0 Å². The first-order valence-corrected chi connectivity index (χ1v) is 10.0. The molecule has 0 aliphatic carbocycles. The molecular formula is C22H23N3O4S. The molecule has 1 saturated heterocycles. The van der Waals surface area contributed by atoms with E-state index in [0.717, 1.165) is 11.1 Å². The van der Waals surface area contributed by atoms with Gasteiger partial charge in [0.15, 0.2) is 23.3 Å². The maximum Gasteiger partial charge on any atom is 0.266 e. The van der Waals surface area contributed by atoms with Gasteiger partial charge in [0.2, 0.25) is 0 Å². The minimum absolute atomic E-state index is 0.104. The largest absolute Gasteiger partial charge is 0.493 e. The molecule has 0 unspecified atom stereocenters. The Morgan fingerprint density at radius 3 is 2.57 bits per heavy atom. The van der Waals surface area contributed by atoms with Crippen LogP contribution in [0.15, 0.2) is 52.4 Å². The van der Waals surface area contributed by atoms with Gasteiger partial charge in [-0.25, -0.2) is 0 Å². The van der Waals surface area contributed by atoms with E-state index in [0.29, 0.717) is 27.3 Å². The predicted octanol–water partition coefficient (Wildman–Crippen LogP) is 3.55. The summed E-state index contributed by atoms with van der Waals surface area (Å²) in [5, 5.41) is 3.44. The second kappa shape index (κ2) is 9.49. The quantitative estimate of drug-likeness (QED) is 0.716. The lowest BCUT2D eigenvalue weighted by Crippen LogP contribution is -2.23. The van der Waals surface area contributed by atoms with Crippen LogP contribution in [0.2, 0.25) is 0 Å². The summed E-state index contributed by atoms with van der Waals surface area (Å²) in [7, 11) is 4.87. The average molecular weight is 426 g/mol. The summed E-state index contributed by atoms with van der Waals surface area (Å²) in [6.07, 6.45) is 1.78. The molecule has 8 heteroatoms. The number of amidine groups is 1. The van der Waals surface area contributed by atoms with Gasteiger partial charge < -0.3 is 14.8 Å². The van der Waals surface area contributed by atoms with E-state index >= 15 is 0 Å². The Hall–Kier alpha value is -3.26. The standard InChI is InChI=1S/C22H23N3O4S/c1-14-5-8-16(9-6-14)24-20(26)13-29-17-10-7-15(11-18(17)28-4)12-19-21(27)25(3)22(23-2)30-19/h5-12H,13H2,1-4H3,(H,24,26)/b19-12+,23-22?. The fourth-order valence-corrected chi connectivity index (χ4v) is 3.70. The third-order valence-electron chi connectivity index (χ3n) is 4.37. The van der Waals surface area contributed by atoms with Crippen molar-refractivity contribution >= 4 is 40.5 Å². The molecule has 0 atom stereocenters. The van der Waals surface area contributed by atoms with Crippen LogP contribution in [0.4, 0.5) is 5.69 Å². The zero-order valence-electron chi connectivity index (χ0n) is 17.3. The number of hydrogen-bond donors (Lipinski definition) is 1. The third kappa shape index (κ3) is 5.01. The summed E-state index contributed by atoms with van der Waals surface area (Å²) in [6, 6.07) is 12.8. The van der Waals surface area contributed by atoms with Gasteiger partial charge in [0, 0.05) is 19.8 Å². The molecule has 1 aliphatic heterocycles. The lowest BCUT2D eigenvalue weighted by Gasteiger charge is -2.12. The molecule has 2 amide bonds. The Morgan fingerprint density at radius 2 is 1.93 bits per heavy atom. The molecule has 1 aliphatic rings. The van der Waals surface area contributed by atoms with E-state index in [1.165, 1.54) is 23.8 Å². The predicted molar refractivity (Wildman–Crippen MR) is 120 cm³/mol. The summed E-state index contributed by atoms with van der Waals surface area (Å²) < 4.78 is 11.0. The Kier molecular flexibility index (Phi) is 6.79. The highest BCUT2D eigenvalue weighted by Gasteiger charge is 2.29. The van der Waals surface area contributed by atoms with Gasteiger partial charge in [-0.15, -0.1) is 0 Å². The van der Waals surface area contributed by atoms with Crippen LogP contribution in [0.3, 0.4) is 0 Å². The lowest BCUT2D eigenvalue weighted by molar-refractivity contribution is -0.121. The zero-order valence-corrected chi connectivity index (χ0v) is 18.1. The van der Waals surface area contributed by atoms with E-state index in [1.807, 2.05) is 31.2 Å². The molecule has 0 saturated carbocycles. The van der Waals surface area contributed by atoms with E-state index < -0.39 is 0 Å². The minimum Gasteiger partial charge on any atom is -0.493 e. The highest BCUT2D eigenvalue weighted by Crippen LogP contribution is 2.34. The molecule has 1 N–H and O–H groups in total. The van der Waals surface area contributed by atoms with Crippen molar-refractivity contribution in [3.05, 3.63) is 58.5 Å². The molecular weight excluding hydrogens is 402 g/mol. The van der Waals surface area contributed by atoms with Crippen molar-refractivity contribution in [2.75, 3.05) is 33.1 Å². The minimum atomic E-state index is -0.269. The number of nitrogens with zero attached hydrogens (tertiary/aromatic N) is 2. The first-order chi connectivity index (χ1) is 14.4. The SMILES string of the molecule is CN=C1S/C(=C/c2ccc(OCC(=O)Nc3ccc(C)cc3)c(OC)c2)C(=O)N1C. The molecule has 156 valence electrons. The Labute approximate surface area is 179 Å². The summed E-state index contributed by atoms with van der Waals surface area (Å²) >= 11 is 1.32. The Bertz CT molecular complexity index is 1020. The number of nitrogens with one attached hydrogen (secondary N) is 1. The van der Waals surface area contributed by atoms with Crippen LogP contribution in [0, 0.1) is 6.92 Å². The fourth-order valence-electron chi connectivity index (χ4n) is 2.77. The van der Waals surface area contributed by atoms with E-state index in [4.69, 9.17) is 9.47 Å². The molecule has 3 rings (SSSR count). The monoisotopic (exact) mass is 425 g/mol. The van der Waals surface area contributed by atoms with E-state index in [1.54, 1.807) is 38.4 Å². The van der Waals surface area contributed by atoms with Crippen LogP contribution in [0.1, 0.15) is 11.1 Å². The smallest absolute Gasteiger partial charge is 0.266 e. The van der Waals surface area contributed by atoms with Crippen molar-refractivity contribution < 1.29 is 19.1 Å². The molecule has 30 heavy (non-hydrogen) atoms. The highest BCUT2D eigenvalue weighted by molar-refractivity contribution is 8.18. The van der Waals surface area contributed by atoms with Crippen LogP contribution >= 0.6 is 11.8 Å². The van der Waals surface area contributed by atoms with Crippen molar-refractivity contribution in [1.29, 1.82) is 0 Å². The lowest BCUT2D eigenvalue weighted by atomic mass is 10.2. The molecule has 0 aromatic heterocycles. The van der Waals surface area contributed by atoms with Gasteiger partial charge in [0.1, 0.15) is 0 Å². The molecule has 2 aromatic rings. The second-order valence-electron chi connectivity index (χ2n) is 6.59. The molecule has 1 heterocycles. The van der Waals surface area contributed by atoms with E-state index in [-0.39, 0.29) is 18.4 Å². The van der Waals surface area contributed by atoms with Gasteiger partial charge in [-0.1, -0.05) is 23.8 Å². The number of likely N-dealkylation sites (N-methyl/N-ethyl adjacent to an activating group) is 1. The molecule has 1 fully saturated rings. The van der Waals surface area contributed by atoms with E-state index in [9.17, 15) is 9.59 Å². The number of benzene rings is 2. The number of aryl methyl sites for hydroxylation is 1. The topological polar surface area (TPSA) is 80.2 Å². The van der Waals surface area contributed by atoms with Crippen LogP contribution < -0.4 is 14.8 Å². The van der Waals surface area contributed by atoms with Gasteiger partial charge in [-0.3, -0.25) is 19.5 Å². The van der Waals surface area contributed by atoms with Crippen molar-refractivity contribution in [3.8, 4) is 11.5 Å². The number of carbonyl (C=O) groups excluding carboxylic acids is 2. The normalized spacial score (nSPS) is 16.3. The van der Waals surface area contributed by atoms with Crippen molar-refractivity contribution in [3.63, 3.8) is 0 Å². The van der Waals surface area contributed by atoms with Crippen LogP contribution in [-0.2, 0) is 9.59 Å².